The molecule has 0 amide bonds. The van der Waals surface area contributed by atoms with Gasteiger partial charge < -0.3 is 0 Å². The molecule has 1 aromatic rings. The van der Waals surface area contributed by atoms with Gasteiger partial charge in [0.25, 0.3) is 0 Å². The molecule has 1 aliphatic rings. The van der Waals surface area contributed by atoms with Crippen molar-refractivity contribution in [2.75, 3.05) is 0 Å². The van der Waals surface area contributed by atoms with E-state index in [2.05, 4.69) is 10.1 Å². The zero-order valence-electron chi connectivity index (χ0n) is 4.84. The van der Waals surface area contributed by atoms with Gasteiger partial charge in [0.2, 0.25) is 0 Å². The molecule has 2 heterocycles. The Kier molecular flexibility index (Phi) is 0.831. The summed E-state index contributed by atoms with van der Waals surface area (Å²) in [6, 6.07) is 0. The Balaban J connectivity index is 2.51. The van der Waals surface area contributed by atoms with Crippen molar-refractivity contribution in [3.63, 3.8) is 0 Å². The highest BCUT2D eigenvalue weighted by molar-refractivity contribution is 4.90. The third kappa shape index (κ3) is 0.624. The van der Waals surface area contributed by atoms with Gasteiger partial charge in [0.1, 0.15) is 5.82 Å². The molecular weight excluding hydrogens is 121 g/mol. The molecule has 4 heteroatoms. The summed E-state index contributed by atoms with van der Waals surface area (Å²) in [6.07, 6.45) is 1.33. The molecule has 0 saturated heterocycles. The lowest BCUT2D eigenvalue weighted by Crippen LogP contribution is -1.93. The van der Waals surface area contributed by atoms with E-state index >= 15 is 0 Å². The standard InChI is InChI=1S/C5H6FN3/c6-5-7-4-2-1-3-9(4)8-5/h1-3H2. The van der Waals surface area contributed by atoms with Gasteiger partial charge in [0.05, 0.1) is 0 Å². The molecular formula is C5H6FN3. The van der Waals surface area contributed by atoms with Crippen molar-refractivity contribution in [2.45, 2.75) is 19.4 Å². The number of rotatable bonds is 0. The van der Waals surface area contributed by atoms with Gasteiger partial charge in [0.15, 0.2) is 0 Å². The molecule has 0 aromatic carbocycles. The summed E-state index contributed by atoms with van der Waals surface area (Å²) < 4.78 is 13.8. The van der Waals surface area contributed by atoms with Gasteiger partial charge in [-0.15, -0.1) is 5.10 Å². The van der Waals surface area contributed by atoms with Gasteiger partial charge in [-0.3, -0.25) is 0 Å². The summed E-state index contributed by atoms with van der Waals surface area (Å²) in [5.41, 5.74) is 0. The third-order valence-electron chi connectivity index (χ3n) is 1.49. The van der Waals surface area contributed by atoms with E-state index < -0.39 is 6.08 Å². The summed E-state index contributed by atoms with van der Waals surface area (Å²) >= 11 is 0. The van der Waals surface area contributed by atoms with Gasteiger partial charge >= 0.3 is 6.08 Å². The maximum Gasteiger partial charge on any atom is 0.327 e. The monoisotopic (exact) mass is 127 g/mol. The van der Waals surface area contributed by atoms with Crippen LogP contribution in [0, 0.1) is 6.08 Å². The average Bonchev–Trinajstić information content (AvgIpc) is 2.22. The van der Waals surface area contributed by atoms with Crippen LogP contribution in [0.3, 0.4) is 0 Å². The molecule has 0 saturated carbocycles. The van der Waals surface area contributed by atoms with Crippen LogP contribution in [-0.4, -0.2) is 14.8 Å². The first-order chi connectivity index (χ1) is 4.36. The second-order valence-electron chi connectivity index (χ2n) is 2.12. The predicted molar refractivity (Wildman–Crippen MR) is 28.3 cm³/mol. The molecule has 2 rings (SSSR count). The molecule has 1 aromatic heterocycles. The largest absolute Gasteiger partial charge is 0.327 e. The fourth-order valence-electron chi connectivity index (χ4n) is 1.09. The van der Waals surface area contributed by atoms with Crippen LogP contribution < -0.4 is 0 Å². The van der Waals surface area contributed by atoms with Crippen LogP contribution in [0.2, 0.25) is 0 Å². The normalized spacial score (nSPS) is 16.1. The summed E-state index contributed by atoms with van der Waals surface area (Å²) in [5, 5.41) is 3.53. The lowest BCUT2D eigenvalue weighted by Gasteiger charge is -1.85. The van der Waals surface area contributed by atoms with Crippen LogP contribution in [0.5, 0.6) is 0 Å². The second-order valence-corrected chi connectivity index (χ2v) is 2.12. The van der Waals surface area contributed by atoms with E-state index in [-0.39, 0.29) is 0 Å². The highest BCUT2D eigenvalue weighted by atomic mass is 19.1. The highest BCUT2D eigenvalue weighted by Crippen LogP contribution is 2.09. The molecule has 0 fully saturated rings. The van der Waals surface area contributed by atoms with Crippen LogP contribution in [0.15, 0.2) is 0 Å². The molecule has 0 bridgehead atoms. The SMILES string of the molecule is Fc1nc2n(n1)CCC2. The Hall–Kier alpha value is -0.930. The summed E-state index contributed by atoms with van der Waals surface area (Å²) in [4.78, 5) is 3.58. The van der Waals surface area contributed by atoms with E-state index in [1.165, 1.54) is 0 Å². The van der Waals surface area contributed by atoms with Crippen molar-refractivity contribution in [3.8, 4) is 0 Å². The van der Waals surface area contributed by atoms with E-state index in [4.69, 9.17) is 0 Å². The van der Waals surface area contributed by atoms with Crippen molar-refractivity contribution in [1.29, 1.82) is 0 Å². The second kappa shape index (κ2) is 1.52. The zero-order chi connectivity index (χ0) is 6.27. The van der Waals surface area contributed by atoms with Crippen LogP contribution in [-0.2, 0) is 13.0 Å². The molecule has 0 spiro atoms. The van der Waals surface area contributed by atoms with Crippen molar-refractivity contribution in [2.24, 2.45) is 0 Å². The number of aryl methyl sites for hydroxylation is 2. The van der Waals surface area contributed by atoms with Crippen LogP contribution in [0.4, 0.5) is 4.39 Å². The smallest absolute Gasteiger partial charge is 0.247 e. The van der Waals surface area contributed by atoms with E-state index in [9.17, 15) is 4.39 Å². The summed E-state index contributed by atoms with van der Waals surface area (Å²) in [5.74, 6) is 0.785. The maximum absolute atomic E-state index is 12.2. The van der Waals surface area contributed by atoms with E-state index in [0.717, 1.165) is 25.2 Å². The zero-order valence-corrected chi connectivity index (χ0v) is 4.84. The predicted octanol–water partition coefficient (Wildman–Crippen LogP) is 0.363. The van der Waals surface area contributed by atoms with Gasteiger partial charge in [-0.1, -0.05) is 0 Å². The lowest BCUT2D eigenvalue weighted by atomic mass is 10.4. The van der Waals surface area contributed by atoms with Crippen molar-refractivity contribution in [1.82, 2.24) is 14.8 Å². The molecule has 0 unspecified atom stereocenters. The molecule has 0 aliphatic carbocycles. The Morgan fingerprint density at radius 3 is 3.22 bits per heavy atom. The van der Waals surface area contributed by atoms with Crippen molar-refractivity contribution in [3.05, 3.63) is 11.9 Å². The minimum absolute atomic E-state index is 0.593. The molecule has 3 nitrogen and oxygen atoms in total. The molecule has 0 radical (unpaired) electrons. The number of hydrogen-bond donors (Lipinski definition) is 0. The summed E-state index contributed by atoms with van der Waals surface area (Å²) in [7, 11) is 0. The maximum atomic E-state index is 12.2. The number of fused-ring (bicyclic) bond motifs is 1. The Bertz CT molecular complexity index is 209. The molecule has 48 valence electrons. The number of halogens is 1. The van der Waals surface area contributed by atoms with E-state index in [1.54, 1.807) is 4.68 Å². The Labute approximate surface area is 51.5 Å². The average molecular weight is 127 g/mol. The van der Waals surface area contributed by atoms with E-state index in [0.29, 0.717) is 0 Å². The van der Waals surface area contributed by atoms with Crippen molar-refractivity contribution < 1.29 is 4.39 Å². The Morgan fingerprint density at radius 2 is 2.44 bits per heavy atom. The van der Waals surface area contributed by atoms with Crippen molar-refractivity contribution >= 4 is 0 Å². The minimum atomic E-state index is -0.593. The lowest BCUT2D eigenvalue weighted by molar-refractivity contribution is 0.510. The first kappa shape index (κ1) is 4.90. The van der Waals surface area contributed by atoms with Crippen LogP contribution in [0.25, 0.3) is 0 Å². The number of nitrogens with zero attached hydrogens (tertiary/aromatic N) is 3. The first-order valence-electron chi connectivity index (χ1n) is 2.95. The van der Waals surface area contributed by atoms with Gasteiger partial charge in [-0.05, 0) is 6.42 Å². The third-order valence-corrected chi connectivity index (χ3v) is 1.49. The molecule has 9 heavy (non-hydrogen) atoms. The van der Waals surface area contributed by atoms with Gasteiger partial charge in [-0.25, -0.2) is 4.68 Å². The minimum Gasteiger partial charge on any atom is -0.247 e. The Morgan fingerprint density at radius 1 is 1.56 bits per heavy atom. The quantitative estimate of drug-likeness (QED) is 0.504. The first-order valence-corrected chi connectivity index (χ1v) is 2.95. The van der Waals surface area contributed by atoms with Gasteiger partial charge in [-0.2, -0.15) is 9.37 Å². The number of hydrogen-bond acceptors (Lipinski definition) is 2. The highest BCUT2D eigenvalue weighted by Gasteiger charge is 2.14. The van der Waals surface area contributed by atoms with Crippen LogP contribution in [0.1, 0.15) is 12.2 Å². The van der Waals surface area contributed by atoms with Gasteiger partial charge in [0, 0.05) is 13.0 Å². The fraction of sp³-hybridized carbons (Fsp3) is 0.600. The van der Waals surface area contributed by atoms with Crippen LogP contribution >= 0.6 is 0 Å². The van der Waals surface area contributed by atoms with E-state index in [1.807, 2.05) is 0 Å². The molecule has 0 N–H and O–H groups in total. The number of aromatic nitrogens is 3. The molecule has 1 aliphatic heterocycles. The summed E-state index contributed by atoms with van der Waals surface area (Å²) in [6.45, 7) is 0.826. The molecule has 0 atom stereocenters. The topological polar surface area (TPSA) is 30.7 Å². The fourth-order valence-corrected chi connectivity index (χ4v) is 1.09.